The Morgan fingerprint density at radius 1 is 1.10 bits per heavy atom. The fraction of sp³-hybridized carbons (Fsp3) is 0.190. The number of para-hydroxylation sites is 1. The number of rotatable bonds is 4. The summed E-state index contributed by atoms with van der Waals surface area (Å²) in [5.74, 6) is -2.17. The number of hydrogen-bond donors (Lipinski definition) is 2. The van der Waals surface area contributed by atoms with E-state index in [-0.39, 0.29) is 29.1 Å². The van der Waals surface area contributed by atoms with Crippen LogP contribution in [0.3, 0.4) is 0 Å². The molecule has 1 aromatic carbocycles. The van der Waals surface area contributed by atoms with Crippen molar-refractivity contribution in [3.05, 3.63) is 75.0 Å². The molecule has 0 bridgehead atoms. The molecule has 2 aliphatic rings. The van der Waals surface area contributed by atoms with E-state index in [0.717, 1.165) is 16.9 Å². The number of nitrogens with one attached hydrogen (secondary N) is 2. The first-order chi connectivity index (χ1) is 15.0. The highest BCUT2D eigenvalue weighted by Crippen LogP contribution is 2.51. The molecule has 5 rings (SSSR count). The Bertz CT molecular complexity index is 1240. The molecule has 31 heavy (non-hydrogen) atoms. The van der Waals surface area contributed by atoms with Gasteiger partial charge in [-0.1, -0.05) is 47.4 Å². The van der Waals surface area contributed by atoms with Crippen LogP contribution in [-0.4, -0.2) is 32.5 Å². The van der Waals surface area contributed by atoms with E-state index >= 15 is 0 Å². The lowest BCUT2D eigenvalue weighted by Gasteiger charge is -2.30. The molecular formula is C21H16N4O4S2. The van der Waals surface area contributed by atoms with Gasteiger partial charge in [0.25, 0.3) is 0 Å². The van der Waals surface area contributed by atoms with Gasteiger partial charge in [-0.05, 0) is 23.8 Å². The van der Waals surface area contributed by atoms with E-state index in [9.17, 15) is 19.2 Å². The van der Waals surface area contributed by atoms with E-state index in [2.05, 4.69) is 15.6 Å². The Balaban J connectivity index is 1.54. The summed E-state index contributed by atoms with van der Waals surface area (Å²) in [4.78, 5) is 55.0. The number of hydrogen-bond acceptors (Lipinski definition) is 7. The molecule has 3 atom stereocenters. The molecule has 0 saturated carbocycles. The largest absolute Gasteiger partial charge is 0.325 e. The number of imide groups is 1. The number of thioether (sulfide) groups is 1. The number of anilines is 1. The van der Waals surface area contributed by atoms with Crippen LogP contribution in [0.5, 0.6) is 0 Å². The number of amides is 3. The van der Waals surface area contributed by atoms with Gasteiger partial charge in [0.15, 0.2) is 0 Å². The summed E-state index contributed by atoms with van der Waals surface area (Å²) >= 11 is 2.18. The van der Waals surface area contributed by atoms with Crippen molar-refractivity contribution in [1.29, 1.82) is 0 Å². The van der Waals surface area contributed by atoms with Crippen molar-refractivity contribution in [2.45, 2.75) is 22.7 Å². The van der Waals surface area contributed by atoms with Gasteiger partial charge < -0.3 is 5.32 Å². The molecule has 3 amide bonds. The molecule has 156 valence electrons. The van der Waals surface area contributed by atoms with E-state index < -0.39 is 17.1 Å². The van der Waals surface area contributed by atoms with Crippen LogP contribution in [0, 0.1) is 5.92 Å². The number of benzene rings is 1. The molecule has 0 spiro atoms. The average molecular weight is 453 g/mol. The molecule has 2 N–H and O–H groups in total. The number of aromatic nitrogens is 2. The highest BCUT2D eigenvalue weighted by molar-refractivity contribution is 8.00. The lowest BCUT2D eigenvalue weighted by molar-refractivity contribution is -0.126. The maximum Gasteiger partial charge on any atom is 0.308 e. The lowest BCUT2D eigenvalue weighted by atomic mass is 9.84. The van der Waals surface area contributed by atoms with Crippen LogP contribution in [-0.2, 0) is 20.9 Å². The fourth-order valence-corrected chi connectivity index (χ4v) is 6.70. The van der Waals surface area contributed by atoms with Crippen LogP contribution in [0.1, 0.15) is 16.4 Å². The number of pyridine rings is 1. The average Bonchev–Trinajstić information content (AvgIpc) is 3.23. The van der Waals surface area contributed by atoms with E-state index in [1.807, 2.05) is 12.1 Å². The van der Waals surface area contributed by atoms with Gasteiger partial charge in [0.05, 0.1) is 10.9 Å². The van der Waals surface area contributed by atoms with Gasteiger partial charge >= 0.3 is 4.87 Å². The summed E-state index contributed by atoms with van der Waals surface area (Å²) in [7, 11) is 0. The first kappa shape index (κ1) is 19.7. The molecule has 2 aliphatic heterocycles. The quantitative estimate of drug-likeness (QED) is 0.585. The smallest absolute Gasteiger partial charge is 0.308 e. The van der Waals surface area contributed by atoms with Gasteiger partial charge in [0, 0.05) is 28.9 Å². The van der Waals surface area contributed by atoms with Crippen LogP contribution in [0.4, 0.5) is 5.69 Å². The normalized spacial score (nSPS) is 21.9. The van der Waals surface area contributed by atoms with Crippen LogP contribution < -0.4 is 15.5 Å². The van der Waals surface area contributed by atoms with Crippen LogP contribution >= 0.6 is 23.1 Å². The number of nitrogens with zero attached hydrogens (tertiary/aromatic N) is 2. The van der Waals surface area contributed by atoms with Gasteiger partial charge in [0.1, 0.15) is 11.8 Å². The predicted octanol–water partition coefficient (Wildman–Crippen LogP) is 1.82. The van der Waals surface area contributed by atoms with Crippen molar-refractivity contribution in [2.24, 2.45) is 5.92 Å². The standard InChI is InChI=1S/C21H16N4O4S2/c26-13(23-12-6-2-1-3-7-12)10-25-20-17(31-21(25)29)14(11-5-4-8-22-9-11)15-16(30-20)19(28)24-18(15)27/h1-9,14-16H,10H2,(H,23,26)(H,24,27,28)/t14-,15?,16?/m0/s1. The number of fused-ring (bicyclic) bond motifs is 2. The zero-order valence-electron chi connectivity index (χ0n) is 16.0. The van der Waals surface area contributed by atoms with E-state index in [0.29, 0.717) is 15.6 Å². The topological polar surface area (TPSA) is 110 Å². The Labute approximate surface area is 184 Å². The second kappa shape index (κ2) is 7.78. The molecule has 2 unspecified atom stereocenters. The second-order valence-electron chi connectivity index (χ2n) is 7.22. The van der Waals surface area contributed by atoms with Crippen molar-refractivity contribution < 1.29 is 14.4 Å². The van der Waals surface area contributed by atoms with Gasteiger partial charge in [-0.25, -0.2) is 0 Å². The molecule has 0 aliphatic carbocycles. The van der Waals surface area contributed by atoms with Gasteiger partial charge in [-0.15, -0.1) is 0 Å². The molecule has 0 radical (unpaired) electrons. The van der Waals surface area contributed by atoms with E-state index in [4.69, 9.17) is 0 Å². The third-order valence-electron chi connectivity index (χ3n) is 5.29. The van der Waals surface area contributed by atoms with Gasteiger partial charge in [-0.3, -0.25) is 34.0 Å². The van der Waals surface area contributed by atoms with E-state index in [1.165, 1.54) is 16.3 Å². The number of thiazole rings is 1. The first-order valence-corrected chi connectivity index (χ1v) is 11.2. The van der Waals surface area contributed by atoms with Crippen molar-refractivity contribution in [1.82, 2.24) is 14.9 Å². The summed E-state index contributed by atoms with van der Waals surface area (Å²) < 4.78 is 1.39. The third kappa shape index (κ3) is 3.47. The van der Waals surface area contributed by atoms with Gasteiger partial charge in [0.2, 0.25) is 17.7 Å². The monoisotopic (exact) mass is 452 g/mol. The predicted molar refractivity (Wildman–Crippen MR) is 116 cm³/mol. The summed E-state index contributed by atoms with van der Waals surface area (Å²) in [5.41, 5.74) is 1.39. The van der Waals surface area contributed by atoms with Crippen LogP contribution in [0.2, 0.25) is 0 Å². The molecule has 1 saturated heterocycles. The Hall–Kier alpha value is -3.24. The molecule has 3 aromatic rings. The summed E-state index contributed by atoms with van der Waals surface area (Å²) in [5, 5.41) is 5.07. The van der Waals surface area contributed by atoms with Crippen molar-refractivity contribution >= 4 is 46.5 Å². The molecule has 2 aromatic heterocycles. The van der Waals surface area contributed by atoms with Crippen LogP contribution in [0.25, 0.3) is 0 Å². The molecular weight excluding hydrogens is 436 g/mol. The molecule has 4 heterocycles. The van der Waals surface area contributed by atoms with Crippen molar-refractivity contribution in [3.63, 3.8) is 0 Å². The lowest BCUT2D eigenvalue weighted by Crippen LogP contribution is -2.32. The molecule has 10 heteroatoms. The van der Waals surface area contributed by atoms with Crippen molar-refractivity contribution in [2.75, 3.05) is 5.32 Å². The SMILES string of the molecule is O=C(Cn1c2c(sc1=O)[C@@H](c1cccnc1)C1C(=O)NC(=O)C1S2)Nc1ccccc1. The highest BCUT2D eigenvalue weighted by atomic mass is 32.2. The Kier molecular flexibility index (Phi) is 4.95. The second-order valence-corrected chi connectivity index (χ2v) is 9.34. The summed E-state index contributed by atoms with van der Waals surface area (Å²) in [6.07, 6.45) is 3.27. The minimum atomic E-state index is -0.664. The molecule has 1 fully saturated rings. The highest BCUT2D eigenvalue weighted by Gasteiger charge is 2.52. The Morgan fingerprint density at radius 3 is 2.65 bits per heavy atom. The summed E-state index contributed by atoms with van der Waals surface area (Å²) in [6.45, 7) is -0.181. The Morgan fingerprint density at radius 2 is 1.90 bits per heavy atom. The maximum atomic E-state index is 12.8. The maximum absolute atomic E-state index is 12.8. The number of carbonyl (C=O) groups excluding carboxylic acids is 3. The zero-order valence-corrected chi connectivity index (χ0v) is 17.6. The van der Waals surface area contributed by atoms with Crippen LogP contribution in [0.15, 0.2) is 64.7 Å². The molecule has 8 nitrogen and oxygen atoms in total. The minimum Gasteiger partial charge on any atom is -0.325 e. The summed E-state index contributed by atoms with van der Waals surface area (Å²) in [6, 6.07) is 12.6. The zero-order chi connectivity index (χ0) is 21.5. The first-order valence-electron chi connectivity index (χ1n) is 9.52. The van der Waals surface area contributed by atoms with Crippen molar-refractivity contribution in [3.8, 4) is 0 Å². The third-order valence-corrected chi connectivity index (χ3v) is 7.91. The fourth-order valence-electron chi connectivity index (χ4n) is 3.96. The number of carbonyl (C=O) groups is 3. The van der Waals surface area contributed by atoms with E-state index in [1.54, 1.807) is 42.7 Å². The van der Waals surface area contributed by atoms with Gasteiger partial charge in [-0.2, -0.15) is 0 Å². The minimum absolute atomic E-state index is 0.181.